The second kappa shape index (κ2) is 6.59. The molecule has 6 nitrogen and oxygen atoms in total. The van der Waals surface area contributed by atoms with Gasteiger partial charge in [-0.3, -0.25) is 9.05 Å². The highest BCUT2D eigenvalue weighted by atomic mass is 31.2. The summed E-state index contributed by atoms with van der Waals surface area (Å²) in [5.41, 5.74) is 0. The molecule has 0 saturated heterocycles. The standard InChI is InChI=1S/C7H13O6P/c1-3-11-14(10,12-4-2)13-6-5-7(8)9/h5-6H,3-4H2,1-2H3,(H,8,9)/b6-5-. The zero-order valence-electron chi connectivity index (χ0n) is 8.00. The zero-order valence-corrected chi connectivity index (χ0v) is 8.90. The molecule has 0 unspecified atom stereocenters. The predicted molar refractivity (Wildman–Crippen MR) is 48.7 cm³/mol. The average Bonchev–Trinajstić information content (AvgIpc) is 2.03. The van der Waals surface area contributed by atoms with E-state index in [4.69, 9.17) is 14.2 Å². The lowest BCUT2D eigenvalue weighted by Gasteiger charge is -2.13. The van der Waals surface area contributed by atoms with Crippen LogP contribution >= 0.6 is 7.82 Å². The zero-order chi connectivity index (χ0) is 11.0. The van der Waals surface area contributed by atoms with Gasteiger partial charge in [-0.05, 0) is 13.8 Å². The first-order chi connectivity index (χ1) is 6.54. The highest BCUT2D eigenvalue weighted by Gasteiger charge is 2.24. The Labute approximate surface area is 82.1 Å². The van der Waals surface area contributed by atoms with Gasteiger partial charge in [0.05, 0.1) is 19.3 Å². The Morgan fingerprint density at radius 1 is 1.36 bits per heavy atom. The van der Waals surface area contributed by atoms with Crippen molar-refractivity contribution in [1.82, 2.24) is 0 Å². The molecular weight excluding hydrogens is 211 g/mol. The van der Waals surface area contributed by atoms with Gasteiger partial charge in [0.15, 0.2) is 0 Å². The topological polar surface area (TPSA) is 82.1 Å². The van der Waals surface area contributed by atoms with Crippen molar-refractivity contribution in [3.05, 3.63) is 12.3 Å². The van der Waals surface area contributed by atoms with E-state index >= 15 is 0 Å². The number of carboxylic acid groups (broad SMARTS) is 1. The van der Waals surface area contributed by atoms with Crippen molar-refractivity contribution in [3.63, 3.8) is 0 Å². The maximum atomic E-state index is 11.5. The molecule has 0 aromatic heterocycles. The van der Waals surface area contributed by atoms with Gasteiger partial charge in [-0.2, -0.15) is 0 Å². The van der Waals surface area contributed by atoms with Gasteiger partial charge in [0.25, 0.3) is 0 Å². The van der Waals surface area contributed by atoms with Gasteiger partial charge >= 0.3 is 13.8 Å². The molecule has 0 aromatic rings. The first-order valence-corrected chi connectivity index (χ1v) is 5.47. The third-order valence-corrected chi connectivity index (χ3v) is 2.50. The van der Waals surface area contributed by atoms with Crippen LogP contribution in [0.1, 0.15) is 13.8 Å². The number of hydrogen-bond donors (Lipinski definition) is 1. The van der Waals surface area contributed by atoms with E-state index < -0.39 is 13.8 Å². The molecule has 0 amide bonds. The lowest BCUT2D eigenvalue weighted by atomic mass is 10.7. The molecule has 0 atom stereocenters. The van der Waals surface area contributed by atoms with Gasteiger partial charge in [-0.15, -0.1) is 0 Å². The van der Waals surface area contributed by atoms with Crippen molar-refractivity contribution < 1.29 is 28.0 Å². The summed E-state index contributed by atoms with van der Waals surface area (Å²) in [5, 5.41) is 8.23. The molecule has 0 aliphatic rings. The molecule has 0 rings (SSSR count). The van der Waals surface area contributed by atoms with Crippen molar-refractivity contribution in [1.29, 1.82) is 0 Å². The monoisotopic (exact) mass is 224 g/mol. The van der Waals surface area contributed by atoms with Gasteiger partial charge in [-0.1, -0.05) is 0 Å². The van der Waals surface area contributed by atoms with E-state index in [2.05, 4.69) is 4.52 Å². The van der Waals surface area contributed by atoms with Crippen molar-refractivity contribution in [2.75, 3.05) is 13.2 Å². The Balaban J connectivity index is 4.22. The van der Waals surface area contributed by atoms with Crippen LogP contribution in [0.15, 0.2) is 12.3 Å². The van der Waals surface area contributed by atoms with Crippen molar-refractivity contribution >= 4 is 13.8 Å². The summed E-state index contributed by atoms with van der Waals surface area (Å²) < 4.78 is 25.5. The molecule has 1 N–H and O–H groups in total. The molecular formula is C7H13O6P. The van der Waals surface area contributed by atoms with E-state index in [-0.39, 0.29) is 13.2 Å². The summed E-state index contributed by atoms with van der Waals surface area (Å²) in [6.45, 7) is 3.54. The Morgan fingerprint density at radius 3 is 2.21 bits per heavy atom. The van der Waals surface area contributed by atoms with Crippen LogP contribution in [-0.4, -0.2) is 24.3 Å². The van der Waals surface area contributed by atoms with Crippen molar-refractivity contribution in [3.8, 4) is 0 Å². The molecule has 0 aliphatic carbocycles. The third kappa shape index (κ3) is 5.75. The molecule has 0 fully saturated rings. The summed E-state index contributed by atoms with van der Waals surface area (Å²) in [6.07, 6.45) is 1.47. The van der Waals surface area contributed by atoms with Gasteiger partial charge in [0.2, 0.25) is 0 Å². The molecule has 14 heavy (non-hydrogen) atoms. The van der Waals surface area contributed by atoms with Gasteiger partial charge in [-0.25, -0.2) is 9.36 Å². The minimum absolute atomic E-state index is 0.151. The Hall–Kier alpha value is -0.840. The van der Waals surface area contributed by atoms with Crippen LogP contribution in [0.2, 0.25) is 0 Å². The van der Waals surface area contributed by atoms with Crippen LogP contribution in [0.5, 0.6) is 0 Å². The Bertz CT molecular complexity index is 239. The maximum absolute atomic E-state index is 11.5. The fraction of sp³-hybridized carbons (Fsp3) is 0.571. The molecule has 0 saturated carbocycles. The molecule has 0 spiro atoms. The fourth-order valence-corrected chi connectivity index (χ4v) is 1.62. The first-order valence-electron chi connectivity index (χ1n) is 4.01. The smallest absolute Gasteiger partial charge is 0.478 e. The number of phosphoric ester groups is 1. The molecule has 7 heteroatoms. The minimum atomic E-state index is -3.63. The van der Waals surface area contributed by atoms with Crippen molar-refractivity contribution in [2.24, 2.45) is 0 Å². The first kappa shape index (κ1) is 13.2. The lowest BCUT2D eigenvalue weighted by molar-refractivity contribution is -0.131. The normalized spacial score (nSPS) is 11.9. The third-order valence-electron chi connectivity index (χ3n) is 0.975. The second-order valence-corrected chi connectivity index (χ2v) is 3.65. The number of carbonyl (C=O) groups is 1. The van der Waals surface area contributed by atoms with E-state index in [1.165, 1.54) is 0 Å². The van der Waals surface area contributed by atoms with Crippen LogP contribution in [0.25, 0.3) is 0 Å². The molecule has 0 bridgehead atoms. The van der Waals surface area contributed by atoms with Gasteiger partial charge in [0, 0.05) is 0 Å². The van der Waals surface area contributed by atoms with Crippen LogP contribution in [0.3, 0.4) is 0 Å². The van der Waals surface area contributed by atoms with E-state index in [1.54, 1.807) is 13.8 Å². The van der Waals surface area contributed by atoms with Crippen LogP contribution < -0.4 is 0 Å². The SMILES string of the molecule is CCOP(=O)(O/C=C\C(=O)O)OCC. The second-order valence-electron chi connectivity index (χ2n) is 2.03. The van der Waals surface area contributed by atoms with Crippen LogP contribution in [0, 0.1) is 0 Å². The summed E-state index contributed by atoms with van der Waals surface area (Å²) in [6, 6.07) is 0. The summed E-state index contributed by atoms with van der Waals surface area (Å²) >= 11 is 0. The van der Waals surface area contributed by atoms with E-state index in [1.807, 2.05) is 0 Å². The maximum Gasteiger partial charge on any atom is 0.529 e. The summed E-state index contributed by atoms with van der Waals surface area (Å²) in [4.78, 5) is 10.1. The van der Waals surface area contributed by atoms with Crippen LogP contribution in [-0.2, 0) is 22.9 Å². The summed E-state index contributed by atoms with van der Waals surface area (Å²) in [7, 11) is -3.63. The lowest BCUT2D eigenvalue weighted by Crippen LogP contribution is -1.97. The van der Waals surface area contributed by atoms with E-state index in [0.29, 0.717) is 6.08 Å². The van der Waals surface area contributed by atoms with E-state index in [0.717, 1.165) is 6.26 Å². The predicted octanol–water partition coefficient (Wildman–Crippen LogP) is 1.78. The Morgan fingerprint density at radius 2 is 1.86 bits per heavy atom. The summed E-state index contributed by atoms with van der Waals surface area (Å²) in [5.74, 6) is -1.20. The number of phosphoric acid groups is 1. The molecule has 0 aliphatic heterocycles. The number of aliphatic carboxylic acids is 1. The largest absolute Gasteiger partial charge is 0.529 e. The highest BCUT2D eigenvalue weighted by molar-refractivity contribution is 7.48. The Kier molecular flexibility index (Phi) is 6.19. The number of carboxylic acids is 1. The molecule has 0 aromatic carbocycles. The van der Waals surface area contributed by atoms with Crippen LogP contribution in [0.4, 0.5) is 0 Å². The average molecular weight is 224 g/mol. The van der Waals surface area contributed by atoms with Gasteiger partial charge in [0.1, 0.15) is 6.26 Å². The minimum Gasteiger partial charge on any atom is -0.478 e. The van der Waals surface area contributed by atoms with Crippen molar-refractivity contribution in [2.45, 2.75) is 13.8 Å². The quantitative estimate of drug-likeness (QED) is 0.403. The molecule has 0 heterocycles. The van der Waals surface area contributed by atoms with Gasteiger partial charge < -0.3 is 9.63 Å². The number of hydrogen-bond acceptors (Lipinski definition) is 5. The number of rotatable bonds is 7. The molecule has 0 radical (unpaired) electrons. The fourth-order valence-electron chi connectivity index (χ4n) is 0.578. The molecule has 82 valence electrons. The highest BCUT2D eigenvalue weighted by Crippen LogP contribution is 2.49. The van der Waals surface area contributed by atoms with E-state index in [9.17, 15) is 9.36 Å².